The van der Waals surface area contributed by atoms with Crippen LogP contribution in [-0.4, -0.2) is 47.2 Å². The van der Waals surface area contributed by atoms with Crippen LogP contribution in [0.4, 0.5) is 5.69 Å². The molecule has 2 aliphatic carbocycles. The number of nitrogens with two attached hydrogens (primary N) is 1. The molecule has 2 aromatic rings. The number of benzene rings is 2. The fourth-order valence-electron chi connectivity index (χ4n) is 7.74. The maximum atomic E-state index is 13.1. The summed E-state index contributed by atoms with van der Waals surface area (Å²) in [7, 11) is 0. The number of carbonyl (C=O) groups excluding carboxylic acids is 3. The highest BCUT2D eigenvalue weighted by molar-refractivity contribution is 6.21. The number of carbonyl (C=O) groups is 3. The quantitative estimate of drug-likeness (QED) is 0.584. The molecule has 4 aliphatic heterocycles. The number of allylic oxidation sites excluding steroid dienone is 4. The number of primary amides is 1. The number of piperidine rings is 1. The molecular formula is C33H30N4O3. The zero-order valence-electron chi connectivity index (χ0n) is 22.2. The summed E-state index contributed by atoms with van der Waals surface area (Å²) in [5.74, 6) is 0.865. The van der Waals surface area contributed by atoms with E-state index >= 15 is 0 Å². The normalized spacial score (nSPS) is 26.2. The Morgan fingerprint density at radius 1 is 0.975 bits per heavy atom. The summed E-state index contributed by atoms with van der Waals surface area (Å²) in [5, 5.41) is 0. The van der Waals surface area contributed by atoms with Gasteiger partial charge >= 0.3 is 0 Å². The smallest absolute Gasteiger partial charge is 0.261 e. The van der Waals surface area contributed by atoms with Crippen LogP contribution in [0.5, 0.6) is 0 Å². The van der Waals surface area contributed by atoms with E-state index in [1.807, 2.05) is 36.4 Å². The van der Waals surface area contributed by atoms with Crippen molar-refractivity contribution in [2.75, 3.05) is 24.5 Å². The number of hydrogen-bond acceptors (Lipinski definition) is 5. The molecule has 0 radical (unpaired) electrons. The molecule has 2 N–H and O–H groups in total. The van der Waals surface area contributed by atoms with E-state index in [0.717, 1.165) is 67.7 Å². The van der Waals surface area contributed by atoms with Gasteiger partial charge in [0.1, 0.15) is 5.82 Å². The van der Waals surface area contributed by atoms with Crippen LogP contribution in [0.2, 0.25) is 0 Å². The summed E-state index contributed by atoms with van der Waals surface area (Å²) in [6.45, 7) is 2.18. The van der Waals surface area contributed by atoms with E-state index in [1.165, 1.54) is 16.3 Å². The predicted octanol–water partition coefficient (Wildman–Crippen LogP) is 4.60. The van der Waals surface area contributed by atoms with E-state index in [4.69, 9.17) is 5.73 Å². The first kappa shape index (κ1) is 23.5. The van der Waals surface area contributed by atoms with Gasteiger partial charge in [-0.25, -0.2) is 0 Å². The maximum Gasteiger partial charge on any atom is 0.261 e. The van der Waals surface area contributed by atoms with E-state index in [1.54, 1.807) is 12.1 Å². The largest absolute Gasteiger partial charge is 0.366 e. The number of anilines is 1. The molecule has 0 spiro atoms. The minimum absolute atomic E-state index is 0.0204. The number of fused-ring (bicyclic) bond motifs is 6. The lowest BCUT2D eigenvalue weighted by molar-refractivity contribution is -0.114. The Morgan fingerprint density at radius 3 is 2.45 bits per heavy atom. The van der Waals surface area contributed by atoms with Crippen molar-refractivity contribution in [2.45, 2.75) is 32.1 Å². The van der Waals surface area contributed by atoms with Crippen LogP contribution in [0.25, 0.3) is 6.08 Å². The van der Waals surface area contributed by atoms with Crippen molar-refractivity contribution in [1.29, 1.82) is 0 Å². The van der Waals surface area contributed by atoms with Gasteiger partial charge in [0.15, 0.2) is 0 Å². The molecule has 7 heteroatoms. The standard InChI is InChI=1S/C33H30N4O3/c34-29(38)28-22-11-6-12-23(22)30(37-26-13-4-1-7-20(26)8-5-14-27(28)37)35-16-15-33(17-21(33)18-35)19-36-31(39)24-9-2-3-10-25(24)32(36)40/h1-5,7-10,13-14,21H,6,11-12,15-19H2,(H2,34,38). The molecule has 3 amide bonds. The number of hydrogen-bond donors (Lipinski definition) is 1. The van der Waals surface area contributed by atoms with Crippen molar-refractivity contribution >= 4 is 29.5 Å². The Labute approximate surface area is 232 Å². The molecule has 6 aliphatic rings. The van der Waals surface area contributed by atoms with E-state index in [9.17, 15) is 14.4 Å². The molecule has 2 atom stereocenters. The molecule has 2 saturated carbocycles. The lowest BCUT2D eigenvalue weighted by Gasteiger charge is -2.44. The van der Waals surface area contributed by atoms with Crippen LogP contribution < -0.4 is 10.6 Å². The minimum Gasteiger partial charge on any atom is -0.366 e. The first-order chi connectivity index (χ1) is 19.5. The number of amides is 3. The molecule has 2 aromatic carbocycles. The summed E-state index contributed by atoms with van der Waals surface area (Å²) in [6, 6.07) is 15.4. The van der Waals surface area contributed by atoms with Crippen LogP contribution in [-0.2, 0) is 4.79 Å². The van der Waals surface area contributed by atoms with Crippen molar-refractivity contribution in [1.82, 2.24) is 9.80 Å². The first-order valence-electron chi connectivity index (χ1n) is 14.2. The predicted molar refractivity (Wildman–Crippen MR) is 152 cm³/mol. The Balaban J connectivity index is 1.14. The summed E-state index contributed by atoms with van der Waals surface area (Å²) >= 11 is 0. The Morgan fingerprint density at radius 2 is 1.70 bits per heavy atom. The fourth-order valence-corrected chi connectivity index (χ4v) is 7.74. The first-order valence-corrected chi connectivity index (χ1v) is 14.2. The highest BCUT2D eigenvalue weighted by Gasteiger charge is 2.59. The van der Waals surface area contributed by atoms with Gasteiger partial charge < -0.3 is 10.6 Å². The second kappa shape index (κ2) is 8.31. The van der Waals surface area contributed by atoms with Gasteiger partial charge in [0.25, 0.3) is 17.7 Å². The van der Waals surface area contributed by atoms with Gasteiger partial charge in [-0.05, 0) is 84.4 Å². The molecule has 1 saturated heterocycles. The summed E-state index contributed by atoms with van der Waals surface area (Å²) in [5.41, 5.74) is 13.0. The number of imide groups is 1. The Kier molecular flexibility index (Phi) is 4.88. The van der Waals surface area contributed by atoms with Gasteiger partial charge in [-0.1, -0.05) is 42.5 Å². The zero-order chi connectivity index (χ0) is 27.2. The SMILES string of the molecule is NC(=O)C1=C2CCCC2=C(N2CCC3(CN4C(=O)c5ccccc5C4=O)CC3C2)N2C1=CC=Cc1ccccc12. The molecule has 4 heterocycles. The van der Waals surface area contributed by atoms with E-state index < -0.39 is 0 Å². The van der Waals surface area contributed by atoms with Gasteiger partial charge in [-0.2, -0.15) is 0 Å². The molecule has 40 heavy (non-hydrogen) atoms. The van der Waals surface area contributed by atoms with E-state index in [-0.39, 0.29) is 23.1 Å². The van der Waals surface area contributed by atoms with Gasteiger partial charge in [-0.3, -0.25) is 24.2 Å². The summed E-state index contributed by atoms with van der Waals surface area (Å²) in [6.07, 6.45) is 10.8. The number of nitrogens with zero attached hydrogens (tertiary/aromatic N) is 3. The van der Waals surface area contributed by atoms with Crippen LogP contribution >= 0.6 is 0 Å². The van der Waals surface area contributed by atoms with Gasteiger partial charge in [0.05, 0.1) is 28.1 Å². The highest BCUT2D eigenvalue weighted by Crippen LogP contribution is 2.60. The van der Waals surface area contributed by atoms with Gasteiger partial charge in [0.2, 0.25) is 0 Å². The van der Waals surface area contributed by atoms with Gasteiger partial charge in [-0.15, -0.1) is 0 Å². The minimum atomic E-state index is -0.377. The number of likely N-dealkylation sites (tertiary alicyclic amines) is 1. The molecule has 2 unspecified atom stereocenters. The number of rotatable bonds is 4. The van der Waals surface area contributed by atoms with Crippen LogP contribution in [0.1, 0.15) is 58.4 Å². The average molecular weight is 531 g/mol. The van der Waals surface area contributed by atoms with Crippen molar-refractivity contribution < 1.29 is 14.4 Å². The summed E-state index contributed by atoms with van der Waals surface area (Å²) in [4.78, 5) is 45.3. The third-order valence-corrected chi connectivity index (χ3v) is 9.78. The fraction of sp³-hybridized carbons (Fsp3) is 0.303. The molecule has 0 aromatic heterocycles. The molecule has 7 nitrogen and oxygen atoms in total. The zero-order valence-corrected chi connectivity index (χ0v) is 22.2. The molecule has 8 rings (SSSR count). The lowest BCUT2D eigenvalue weighted by atomic mass is 9.90. The molecule has 3 fully saturated rings. The molecular weight excluding hydrogens is 500 g/mol. The third-order valence-electron chi connectivity index (χ3n) is 9.78. The van der Waals surface area contributed by atoms with Crippen molar-refractivity contribution in [3.05, 3.63) is 106 Å². The van der Waals surface area contributed by atoms with Gasteiger partial charge in [0, 0.05) is 19.6 Å². The van der Waals surface area contributed by atoms with Crippen LogP contribution in [0.3, 0.4) is 0 Å². The average Bonchev–Trinajstić information content (AvgIpc) is 3.46. The lowest BCUT2D eigenvalue weighted by Crippen LogP contribution is -2.46. The Hall–Kier alpha value is -4.39. The second-order valence-corrected chi connectivity index (χ2v) is 11.9. The molecule has 0 bridgehead atoms. The third kappa shape index (κ3) is 3.20. The molecule has 200 valence electrons. The summed E-state index contributed by atoms with van der Waals surface area (Å²) < 4.78 is 0. The number of para-hydroxylation sites is 1. The second-order valence-electron chi connectivity index (χ2n) is 11.9. The van der Waals surface area contributed by atoms with Crippen LogP contribution in [0, 0.1) is 11.3 Å². The maximum absolute atomic E-state index is 13.1. The Bertz CT molecular complexity index is 1630. The van der Waals surface area contributed by atoms with Crippen molar-refractivity contribution in [2.24, 2.45) is 17.1 Å². The van der Waals surface area contributed by atoms with Crippen molar-refractivity contribution in [3.8, 4) is 0 Å². The van der Waals surface area contributed by atoms with Crippen molar-refractivity contribution in [3.63, 3.8) is 0 Å². The monoisotopic (exact) mass is 530 g/mol. The van der Waals surface area contributed by atoms with E-state index in [0.29, 0.717) is 29.2 Å². The topological polar surface area (TPSA) is 87.0 Å². The highest BCUT2D eigenvalue weighted by atomic mass is 16.2. The van der Waals surface area contributed by atoms with Crippen LogP contribution in [0.15, 0.2) is 88.9 Å². The van der Waals surface area contributed by atoms with E-state index in [2.05, 4.69) is 28.0 Å².